The Bertz CT molecular complexity index is 411. The molecule has 3 nitrogen and oxygen atoms in total. The molecule has 2 heterocycles. The standard InChI is InChI=1S/C18H30N2O/c1-14(11-17-9-6-10-21-17)20-13-18(19-12-15(20)2)16-7-4-3-5-8-16/h6,9-10,14-16,18-19H,3-5,7-8,11-13H2,1-2H3. The Morgan fingerprint density at radius 2 is 2.14 bits per heavy atom. The smallest absolute Gasteiger partial charge is 0.105 e. The van der Waals surface area contributed by atoms with Gasteiger partial charge in [-0.25, -0.2) is 0 Å². The monoisotopic (exact) mass is 290 g/mol. The summed E-state index contributed by atoms with van der Waals surface area (Å²) < 4.78 is 5.53. The average Bonchev–Trinajstić information content (AvgIpc) is 3.01. The molecule has 3 rings (SSSR count). The Balaban J connectivity index is 1.59. The number of piperazine rings is 1. The third kappa shape index (κ3) is 3.70. The third-order valence-corrected chi connectivity index (χ3v) is 5.51. The summed E-state index contributed by atoms with van der Waals surface area (Å²) in [4.78, 5) is 2.69. The maximum atomic E-state index is 5.53. The topological polar surface area (TPSA) is 28.4 Å². The summed E-state index contributed by atoms with van der Waals surface area (Å²) >= 11 is 0. The summed E-state index contributed by atoms with van der Waals surface area (Å²) in [7, 11) is 0. The third-order valence-electron chi connectivity index (χ3n) is 5.51. The van der Waals surface area contributed by atoms with Crippen LogP contribution in [0.4, 0.5) is 0 Å². The fraction of sp³-hybridized carbons (Fsp3) is 0.778. The van der Waals surface area contributed by atoms with E-state index in [-0.39, 0.29) is 0 Å². The summed E-state index contributed by atoms with van der Waals surface area (Å²) in [5.41, 5.74) is 0. The molecule has 2 aliphatic rings. The molecule has 1 aromatic rings. The predicted octanol–water partition coefficient (Wildman–Crippen LogP) is 3.45. The van der Waals surface area contributed by atoms with Gasteiger partial charge >= 0.3 is 0 Å². The van der Waals surface area contributed by atoms with Gasteiger partial charge in [0.2, 0.25) is 0 Å². The average molecular weight is 290 g/mol. The molecule has 1 aromatic heterocycles. The van der Waals surface area contributed by atoms with E-state index >= 15 is 0 Å². The Morgan fingerprint density at radius 3 is 2.86 bits per heavy atom. The summed E-state index contributed by atoms with van der Waals surface area (Å²) in [6.07, 6.45) is 9.96. The Hall–Kier alpha value is -0.800. The SMILES string of the molecule is CC1CNC(C2CCCCC2)CN1C(C)Cc1ccco1. The van der Waals surface area contributed by atoms with Crippen LogP contribution in [0.2, 0.25) is 0 Å². The number of furan rings is 1. The van der Waals surface area contributed by atoms with Gasteiger partial charge in [-0.3, -0.25) is 4.90 Å². The largest absolute Gasteiger partial charge is 0.469 e. The van der Waals surface area contributed by atoms with Crippen LogP contribution in [0.1, 0.15) is 51.7 Å². The first-order valence-corrected chi connectivity index (χ1v) is 8.75. The minimum Gasteiger partial charge on any atom is -0.469 e. The Labute approximate surface area is 129 Å². The molecule has 1 aliphatic heterocycles. The highest BCUT2D eigenvalue weighted by Gasteiger charge is 2.33. The normalized spacial score (nSPS) is 30.4. The van der Waals surface area contributed by atoms with Crippen LogP contribution in [0, 0.1) is 5.92 Å². The van der Waals surface area contributed by atoms with Crippen molar-refractivity contribution in [1.29, 1.82) is 0 Å². The van der Waals surface area contributed by atoms with Crippen molar-refractivity contribution in [2.75, 3.05) is 13.1 Å². The van der Waals surface area contributed by atoms with E-state index in [0.717, 1.165) is 24.6 Å². The van der Waals surface area contributed by atoms with E-state index in [4.69, 9.17) is 4.42 Å². The first kappa shape index (κ1) is 15.1. The second kappa shape index (κ2) is 6.97. The van der Waals surface area contributed by atoms with Crippen molar-refractivity contribution in [3.8, 4) is 0 Å². The predicted molar refractivity (Wildman–Crippen MR) is 86.4 cm³/mol. The fourth-order valence-electron chi connectivity index (χ4n) is 4.21. The van der Waals surface area contributed by atoms with Gasteiger partial charge in [-0.1, -0.05) is 19.3 Å². The molecule has 3 unspecified atom stereocenters. The molecule has 1 aliphatic carbocycles. The van der Waals surface area contributed by atoms with Crippen LogP contribution in [0.25, 0.3) is 0 Å². The zero-order valence-corrected chi connectivity index (χ0v) is 13.6. The first-order chi connectivity index (χ1) is 10.2. The minimum atomic E-state index is 0.555. The molecule has 21 heavy (non-hydrogen) atoms. The quantitative estimate of drug-likeness (QED) is 0.920. The lowest BCUT2D eigenvalue weighted by Gasteiger charge is -2.45. The lowest BCUT2D eigenvalue weighted by molar-refractivity contribution is 0.0702. The molecule has 0 amide bonds. The Kier molecular flexibility index (Phi) is 5.02. The number of hydrogen-bond donors (Lipinski definition) is 1. The van der Waals surface area contributed by atoms with Crippen LogP contribution >= 0.6 is 0 Å². The van der Waals surface area contributed by atoms with Gasteiger partial charge in [-0.05, 0) is 44.7 Å². The second-order valence-corrected chi connectivity index (χ2v) is 7.09. The van der Waals surface area contributed by atoms with Gasteiger partial charge in [0, 0.05) is 37.6 Å². The highest BCUT2D eigenvalue weighted by molar-refractivity contribution is 5.01. The van der Waals surface area contributed by atoms with E-state index in [0.29, 0.717) is 18.1 Å². The zero-order chi connectivity index (χ0) is 14.7. The maximum Gasteiger partial charge on any atom is 0.105 e. The van der Waals surface area contributed by atoms with Crippen molar-refractivity contribution in [3.63, 3.8) is 0 Å². The van der Waals surface area contributed by atoms with E-state index in [1.807, 2.05) is 6.07 Å². The van der Waals surface area contributed by atoms with Crippen LogP contribution < -0.4 is 5.32 Å². The molecule has 0 radical (unpaired) electrons. The van der Waals surface area contributed by atoms with Crippen LogP contribution in [0.15, 0.2) is 22.8 Å². The van der Waals surface area contributed by atoms with E-state index in [9.17, 15) is 0 Å². The summed E-state index contributed by atoms with van der Waals surface area (Å²) in [6, 6.07) is 5.96. The van der Waals surface area contributed by atoms with Gasteiger partial charge in [0.1, 0.15) is 5.76 Å². The Morgan fingerprint density at radius 1 is 1.33 bits per heavy atom. The summed E-state index contributed by atoms with van der Waals surface area (Å²) in [6.45, 7) is 7.03. The molecule has 2 fully saturated rings. The van der Waals surface area contributed by atoms with Crippen molar-refractivity contribution in [2.24, 2.45) is 5.92 Å². The lowest BCUT2D eigenvalue weighted by atomic mass is 9.82. The first-order valence-electron chi connectivity index (χ1n) is 8.75. The summed E-state index contributed by atoms with van der Waals surface area (Å²) in [5.74, 6) is 2.01. The van der Waals surface area contributed by atoms with Crippen molar-refractivity contribution in [3.05, 3.63) is 24.2 Å². The van der Waals surface area contributed by atoms with Crippen molar-refractivity contribution in [2.45, 2.75) is 70.5 Å². The van der Waals surface area contributed by atoms with Crippen LogP contribution in [-0.2, 0) is 6.42 Å². The molecule has 118 valence electrons. The molecule has 3 atom stereocenters. The zero-order valence-electron chi connectivity index (χ0n) is 13.6. The van der Waals surface area contributed by atoms with E-state index < -0.39 is 0 Å². The van der Waals surface area contributed by atoms with Gasteiger partial charge in [0.25, 0.3) is 0 Å². The fourth-order valence-corrected chi connectivity index (χ4v) is 4.21. The van der Waals surface area contributed by atoms with Gasteiger partial charge in [0.05, 0.1) is 6.26 Å². The highest BCUT2D eigenvalue weighted by Crippen LogP contribution is 2.29. The van der Waals surface area contributed by atoms with Crippen LogP contribution in [0.5, 0.6) is 0 Å². The number of rotatable bonds is 4. The number of nitrogens with one attached hydrogen (secondary N) is 1. The van der Waals surface area contributed by atoms with E-state index in [2.05, 4.69) is 30.1 Å². The van der Waals surface area contributed by atoms with E-state index in [1.54, 1.807) is 6.26 Å². The molecule has 0 spiro atoms. The van der Waals surface area contributed by atoms with Gasteiger partial charge in [-0.2, -0.15) is 0 Å². The van der Waals surface area contributed by atoms with Gasteiger partial charge < -0.3 is 9.73 Å². The molecular formula is C18H30N2O. The highest BCUT2D eigenvalue weighted by atomic mass is 16.3. The molecule has 3 heteroatoms. The maximum absolute atomic E-state index is 5.53. The molecule has 1 N–H and O–H groups in total. The van der Waals surface area contributed by atoms with Gasteiger partial charge in [-0.15, -0.1) is 0 Å². The van der Waals surface area contributed by atoms with Crippen LogP contribution in [0.3, 0.4) is 0 Å². The van der Waals surface area contributed by atoms with Crippen molar-refractivity contribution >= 4 is 0 Å². The molecule has 0 aromatic carbocycles. The molecule has 1 saturated heterocycles. The minimum absolute atomic E-state index is 0.555. The van der Waals surface area contributed by atoms with Crippen molar-refractivity contribution < 1.29 is 4.42 Å². The molecule has 1 saturated carbocycles. The van der Waals surface area contributed by atoms with Crippen molar-refractivity contribution in [1.82, 2.24) is 10.2 Å². The van der Waals surface area contributed by atoms with Crippen LogP contribution in [-0.4, -0.2) is 36.1 Å². The molecular weight excluding hydrogens is 260 g/mol. The van der Waals surface area contributed by atoms with Gasteiger partial charge in [0.15, 0.2) is 0 Å². The lowest BCUT2D eigenvalue weighted by Crippen LogP contribution is -2.60. The summed E-state index contributed by atoms with van der Waals surface area (Å²) in [5, 5.41) is 3.82. The second-order valence-electron chi connectivity index (χ2n) is 7.09. The van der Waals surface area contributed by atoms with E-state index in [1.165, 1.54) is 38.6 Å². The number of hydrogen-bond acceptors (Lipinski definition) is 3. The number of nitrogens with zero attached hydrogens (tertiary/aromatic N) is 1. The molecule has 0 bridgehead atoms.